The third kappa shape index (κ3) is 3.30. The van der Waals surface area contributed by atoms with Crippen molar-refractivity contribution < 1.29 is 8.42 Å². The van der Waals surface area contributed by atoms with Crippen LogP contribution in [-0.4, -0.2) is 34.6 Å². The molecular weight excluding hydrogens is 420 g/mol. The molecule has 28 heavy (non-hydrogen) atoms. The molecule has 0 aromatic carbocycles. The van der Waals surface area contributed by atoms with Crippen molar-refractivity contribution in [1.82, 2.24) is 20.2 Å². The van der Waals surface area contributed by atoms with Gasteiger partial charge in [-0.25, -0.2) is 23.5 Å². The predicted molar refractivity (Wildman–Crippen MR) is 107 cm³/mol. The Bertz CT molecular complexity index is 1140. The van der Waals surface area contributed by atoms with Gasteiger partial charge in [-0.1, -0.05) is 11.6 Å². The van der Waals surface area contributed by atoms with Gasteiger partial charge in [0.15, 0.2) is 11.6 Å². The third-order valence-corrected chi connectivity index (χ3v) is 7.67. The molecule has 8 nitrogen and oxygen atoms in total. The molecule has 3 heterocycles. The third-order valence-electron chi connectivity index (χ3n) is 4.79. The molecule has 0 bridgehead atoms. The number of hydrogen-bond acceptors (Lipinski definition) is 7. The molecule has 2 saturated carbocycles. The van der Waals surface area contributed by atoms with Gasteiger partial charge in [0.2, 0.25) is 10.0 Å². The van der Waals surface area contributed by atoms with E-state index < -0.39 is 10.0 Å². The van der Waals surface area contributed by atoms with Crippen molar-refractivity contribution in [2.75, 3.05) is 4.90 Å². The van der Waals surface area contributed by atoms with Gasteiger partial charge in [-0.05, 0) is 37.8 Å². The monoisotopic (exact) mass is 436 g/mol. The van der Waals surface area contributed by atoms with E-state index in [9.17, 15) is 8.42 Å². The first-order chi connectivity index (χ1) is 13.4. The lowest BCUT2D eigenvalue weighted by atomic mass is 10.2. The number of nitrogens with two attached hydrogens (primary N) is 1. The van der Waals surface area contributed by atoms with Crippen LogP contribution in [0.25, 0.3) is 10.7 Å². The Morgan fingerprint density at radius 2 is 1.96 bits per heavy atom. The largest absolute Gasteiger partial charge is 0.307 e. The molecule has 3 aromatic rings. The molecule has 0 radical (unpaired) electrons. The van der Waals surface area contributed by atoms with Gasteiger partial charge in [-0.3, -0.25) is 5.10 Å². The van der Waals surface area contributed by atoms with E-state index in [4.69, 9.17) is 21.7 Å². The zero-order valence-corrected chi connectivity index (χ0v) is 17.1. The second kappa shape index (κ2) is 6.51. The molecule has 2 aliphatic rings. The molecule has 146 valence electrons. The Balaban J connectivity index is 1.66. The summed E-state index contributed by atoms with van der Waals surface area (Å²) >= 11 is 7.81. The van der Waals surface area contributed by atoms with E-state index in [-0.39, 0.29) is 4.21 Å². The zero-order valence-electron chi connectivity index (χ0n) is 14.7. The lowest BCUT2D eigenvalue weighted by Gasteiger charge is -2.24. The van der Waals surface area contributed by atoms with Gasteiger partial charge in [0.1, 0.15) is 15.0 Å². The Morgan fingerprint density at radius 1 is 1.18 bits per heavy atom. The van der Waals surface area contributed by atoms with Crippen molar-refractivity contribution in [3.05, 3.63) is 35.1 Å². The summed E-state index contributed by atoms with van der Waals surface area (Å²) in [5.74, 6) is 2.23. The number of rotatable bonds is 6. The van der Waals surface area contributed by atoms with Crippen molar-refractivity contribution in [1.29, 1.82) is 0 Å². The van der Waals surface area contributed by atoms with Crippen molar-refractivity contribution in [3.8, 4) is 10.7 Å². The molecule has 0 amide bonds. The number of nitrogens with zero attached hydrogens (tertiary/aromatic N) is 4. The average molecular weight is 437 g/mol. The van der Waals surface area contributed by atoms with Crippen LogP contribution in [0.1, 0.15) is 37.3 Å². The predicted octanol–water partition coefficient (Wildman–Crippen LogP) is 3.41. The molecule has 0 saturated heterocycles. The van der Waals surface area contributed by atoms with Crippen LogP contribution < -0.4 is 10.0 Å². The standard InChI is InChI=1S/C17H17ClN6O2S2/c18-14-15(9-1-2-9)21-16(11-5-6-13(27-11)28(19,25)26)22-17(14)24(10-3-4-10)12-7-8-20-23-12/h5-10H,1-4H2,(H,20,23)(H2,19,25,26). The highest BCUT2D eigenvalue weighted by molar-refractivity contribution is 7.91. The van der Waals surface area contributed by atoms with Crippen LogP contribution >= 0.6 is 22.9 Å². The van der Waals surface area contributed by atoms with E-state index in [1.165, 1.54) is 6.07 Å². The minimum absolute atomic E-state index is 0.0863. The maximum Gasteiger partial charge on any atom is 0.247 e. The highest BCUT2D eigenvalue weighted by atomic mass is 35.5. The van der Waals surface area contributed by atoms with Gasteiger partial charge in [0.25, 0.3) is 0 Å². The van der Waals surface area contributed by atoms with Crippen LogP contribution in [0.3, 0.4) is 0 Å². The lowest BCUT2D eigenvalue weighted by molar-refractivity contribution is 0.600. The molecule has 0 unspecified atom stereocenters. The summed E-state index contributed by atoms with van der Waals surface area (Å²) in [4.78, 5) is 12.1. The maximum absolute atomic E-state index is 11.7. The first kappa shape index (κ1) is 18.0. The molecule has 3 N–H and O–H groups in total. The van der Waals surface area contributed by atoms with E-state index in [1.807, 2.05) is 6.07 Å². The number of aromatic nitrogens is 4. The Kier molecular flexibility index (Phi) is 4.20. The number of anilines is 2. The van der Waals surface area contributed by atoms with Gasteiger partial charge in [0, 0.05) is 18.0 Å². The van der Waals surface area contributed by atoms with Crippen LogP contribution in [0, 0.1) is 0 Å². The smallest absolute Gasteiger partial charge is 0.247 e. The second-order valence-electron chi connectivity index (χ2n) is 7.05. The van der Waals surface area contributed by atoms with Crippen molar-refractivity contribution in [2.45, 2.75) is 41.9 Å². The molecule has 2 aliphatic carbocycles. The summed E-state index contributed by atoms with van der Waals surface area (Å²) in [5.41, 5.74) is 0.817. The number of H-pyrrole nitrogens is 1. The number of nitrogens with one attached hydrogen (secondary N) is 1. The summed E-state index contributed by atoms with van der Waals surface area (Å²) in [7, 11) is -3.76. The fourth-order valence-electron chi connectivity index (χ4n) is 3.14. The summed E-state index contributed by atoms with van der Waals surface area (Å²) in [5, 5.41) is 12.9. The Labute approximate surface area is 170 Å². The van der Waals surface area contributed by atoms with Crippen molar-refractivity contribution >= 4 is 44.6 Å². The van der Waals surface area contributed by atoms with Crippen LogP contribution in [0.4, 0.5) is 11.6 Å². The molecule has 3 aromatic heterocycles. The quantitative estimate of drug-likeness (QED) is 0.611. The van der Waals surface area contributed by atoms with Gasteiger partial charge >= 0.3 is 0 Å². The van der Waals surface area contributed by atoms with E-state index in [0.717, 1.165) is 48.5 Å². The number of sulfonamides is 1. The zero-order chi connectivity index (χ0) is 19.5. The van der Waals surface area contributed by atoms with E-state index in [1.54, 1.807) is 12.3 Å². The normalized spacial score (nSPS) is 17.1. The fourth-order valence-corrected chi connectivity index (χ4v) is 5.13. The van der Waals surface area contributed by atoms with E-state index in [2.05, 4.69) is 20.1 Å². The number of thiophene rings is 1. The minimum atomic E-state index is -3.76. The lowest BCUT2D eigenvalue weighted by Crippen LogP contribution is -2.22. The number of aromatic amines is 1. The number of primary sulfonamides is 1. The fraction of sp³-hybridized carbons (Fsp3) is 0.353. The topological polar surface area (TPSA) is 118 Å². The highest BCUT2D eigenvalue weighted by Crippen LogP contribution is 2.48. The Hall–Kier alpha value is -2.01. The van der Waals surface area contributed by atoms with Gasteiger partial charge in [-0.2, -0.15) is 5.10 Å². The van der Waals surface area contributed by atoms with Crippen LogP contribution in [0.5, 0.6) is 0 Å². The van der Waals surface area contributed by atoms with Gasteiger partial charge in [0.05, 0.1) is 16.8 Å². The molecule has 5 rings (SSSR count). The van der Waals surface area contributed by atoms with Crippen LogP contribution in [-0.2, 0) is 10.0 Å². The number of halogens is 1. The number of hydrogen-bond donors (Lipinski definition) is 2. The van der Waals surface area contributed by atoms with Crippen LogP contribution in [0.2, 0.25) is 5.02 Å². The van der Waals surface area contributed by atoms with Crippen molar-refractivity contribution in [3.63, 3.8) is 0 Å². The van der Waals surface area contributed by atoms with Crippen LogP contribution in [0.15, 0.2) is 28.6 Å². The first-order valence-corrected chi connectivity index (χ1v) is 11.6. The second-order valence-corrected chi connectivity index (χ2v) is 10.3. The molecule has 0 aliphatic heterocycles. The summed E-state index contributed by atoms with van der Waals surface area (Å²) < 4.78 is 23.4. The summed E-state index contributed by atoms with van der Waals surface area (Å²) in [6.45, 7) is 0. The van der Waals surface area contributed by atoms with E-state index >= 15 is 0 Å². The summed E-state index contributed by atoms with van der Waals surface area (Å²) in [6, 6.07) is 5.36. The van der Waals surface area contributed by atoms with Crippen molar-refractivity contribution in [2.24, 2.45) is 5.14 Å². The first-order valence-electron chi connectivity index (χ1n) is 8.91. The molecule has 0 spiro atoms. The molecule has 11 heteroatoms. The molecular formula is C17H17ClN6O2S2. The van der Waals surface area contributed by atoms with Gasteiger partial charge < -0.3 is 4.90 Å². The minimum Gasteiger partial charge on any atom is -0.307 e. The SMILES string of the molecule is NS(=O)(=O)c1ccc(-c2nc(C3CC3)c(Cl)c(N(c3ccn[nH]3)C3CC3)n2)s1. The molecule has 0 atom stereocenters. The maximum atomic E-state index is 11.7. The average Bonchev–Trinajstić information content (AvgIpc) is 3.55. The summed E-state index contributed by atoms with van der Waals surface area (Å²) in [6.07, 6.45) is 5.86. The molecule has 2 fully saturated rings. The van der Waals surface area contributed by atoms with E-state index in [0.29, 0.717) is 33.5 Å². The highest BCUT2D eigenvalue weighted by Gasteiger charge is 2.37. The van der Waals surface area contributed by atoms with Gasteiger partial charge in [-0.15, -0.1) is 11.3 Å². The Morgan fingerprint density at radius 3 is 2.54 bits per heavy atom.